The topological polar surface area (TPSA) is 80.6 Å². The largest absolute Gasteiger partial charge is 0.467 e. The average Bonchev–Trinajstić information content (AvgIpc) is 2.42. The molecule has 0 unspecified atom stereocenters. The van der Waals surface area contributed by atoms with Crippen LogP contribution >= 0.6 is 0 Å². The number of unbranched alkanes of at least 4 members (excludes halogenated alkanes) is 2. The van der Waals surface area contributed by atoms with Crippen molar-refractivity contribution < 1.29 is 14.6 Å². The molecule has 1 heterocycles. The number of methoxy groups -OCH3 is 2. The lowest BCUT2D eigenvalue weighted by Gasteiger charge is -2.17. The minimum Gasteiger partial charge on any atom is -0.467 e. The average molecular weight is 256 g/mol. The number of hydrogen-bond acceptors (Lipinski definition) is 7. The maximum absolute atomic E-state index is 8.71. The van der Waals surface area contributed by atoms with Crippen LogP contribution in [0.1, 0.15) is 19.3 Å². The molecule has 0 radical (unpaired) electrons. The Morgan fingerprint density at radius 1 is 1.00 bits per heavy atom. The highest BCUT2D eigenvalue weighted by molar-refractivity contribution is 5.30. The molecule has 7 nitrogen and oxygen atoms in total. The summed E-state index contributed by atoms with van der Waals surface area (Å²) in [6.45, 7) is 1.04. The van der Waals surface area contributed by atoms with Crippen molar-refractivity contribution in [2.45, 2.75) is 19.3 Å². The third kappa shape index (κ3) is 4.33. The lowest BCUT2D eigenvalue weighted by Crippen LogP contribution is -2.21. The van der Waals surface area contributed by atoms with E-state index in [1.807, 2.05) is 11.9 Å². The third-order valence-electron chi connectivity index (χ3n) is 2.44. The first kappa shape index (κ1) is 14.4. The number of rotatable bonds is 8. The van der Waals surface area contributed by atoms with E-state index < -0.39 is 0 Å². The highest BCUT2D eigenvalue weighted by Gasteiger charge is 2.10. The van der Waals surface area contributed by atoms with Gasteiger partial charge >= 0.3 is 12.0 Å². The van der Waals surface area contributed by atoms with Crippen LogP contribution in [0.25, 0.3) is 0 Å². The Morgan fingerprint density at radius 2 is 1.61 bits per heavy atom. The van der Waals surface area contributed by atoms with Crippen molar-refractivity contribution in [3.63, 3.8) is 0 Å². The van der Waals surface area contributed by atoms with Crippen molar-refractivity contribution in [3.8, 4) is 12.0 Å². The standard InChI is InChI=1S/C11H20N4O3/c1-15(7-5-4-6-8-16)9-12-10(17-2)14-11(13-9)18-3/h16H,4-8H2,1-3H3. The zero-order valence-corrected chi connectivity index (χ0v) is 11.1. The summed E-state index contributed by atoms with van der Waals surface area (Å²) in [7, 11) is 4.90. The van der Waals surface area contributed by atoms with Crippen LogP contribution in [0.2, 0.25) is 0 Å². The summed E-state index contributed by atoms with van der Waals surface area (Å²) in [5, 5.41) is 8.71. The highest BCUT2D eigenvalue weighted by atomic mass is 16.5. The van der Waals surface area contributed by atoms with Gasteiger partial charge in [-0.25, -0.2) is 0 Å². The second-order valence-corrected chi connectivity index (χ2v) is 3.81. The van der Waals surface area contributed by atoms with E-state index in [9.17, 15) is 0 Å². The minimum atomic E-state index is 0.233. The first-order valence-corrected chi connectivity index (χ1v) is 5.87. The summed E-state index contributed by atoms with van der Waals surface area (Å²) in [6.07, 6.45) is 2.76. The molecule has 0 fully saturated rings. The van der Waals surface area contributed by atoms with Crippen LogP contribution in [0.5, 0.6) is 12.0 Å². The Kier molecular flexibility index (Phi) is 6.13. The van der Waals surface area contributed by atoms with E-state index in [0.717, 1.165) is 25.8 Å². The molecule has 0 amide bonds. The number of aliphatic hydroxyl groups is 1. The summed E-state index contributed by atoms with van der Waals surface area (Å²) >= 11 is 0. The number of aliphatic hydroxyl groups excluding tert-OH is 1. The molecule has 1 N–H and O–H groups in total. The molecule has 18 heavy (non-hydrogen) atoms. The van der Waals surface area contributed by atoms with Crippen molar-refractivity contribution >= 4 is 5.95 Å². The van der Waals surface area contributed by atoms with Crippen molar-refractivity contribution in [1.82, 2.24) is 15.0 Å². The zero-order chi connectivity index (χ0) is 13.4. The molecule has 0 atom stereocenters. The van der Waals surface area contributed by atoms with Gasteiger partial charge in [-0.05, 0) is 19.3 Å². The molecule has 0 aliphatic rings. The lowest BCUT2D eigenvalue weighted by atomic mass is 10.2. The first-order chi connectivity index (χ1) is 8.71. The molecule has 1 rings (SSSR count). The monoisotopic (exact) mass is 256 g/mol. The van der Waals surface area contributed by atoms with E-state index in [1.54, 1.807) is 0 Å². The number of nitrogens with zero attached hydrogens (tertiary/aromatic N) is 4. The van der Waals surface area contributed by atoms with Gasteiger partial charge in [0, 0.05) is 20.2 Å². The second kappa shape index (κ2) is 7.65. The number of ether oxygens (including phenoxy) is 2. The van der Waals surface area contributed by atoms with Crippen LogP contribution < -0.4 is 14.4 Å². The molecule has 0 spiro atoms. The molecular formula is C11H20N4O3. The van der Waals surface area contributed by atoms with Gasteiger partial charge in [0.1, 0.15) is 0 Å². The molecule has 0 saturated carbocycles. The van der Waals surface area contributed by atoms with E-state index in [0.29, 0.717) is 5.95 Å². The van der Waals surface area contributed by atoms with Crippen LogP contribution in [0.15, 0.2) is 0 Å². The minimum absolute atomic E-state index is 0.233. The smallest absolute Gasteiger partial charge is 0.324 e. The zero-order valence-electron chi connectivity index (χ0n) is 11.1. The highest BCUT2D eigenvalue weighted by Crippen LogP contribution is 2.15. The summed E-state index contributed by atoms with van der Waals surface area (Å²) in [5.41, 5.74) is 0. The Hall–Kier alpha value is -1.63. The molecule has 0 saturated heterocycles. The van der Waals surface area contributed by atoms with Gasteiger partial charge in [0.2, 0.25) is 5.95 Å². The van der Waals surface area contributed by atoms with Crippen LogP contribution in [0.3, 0.4) is 0 Å². The predicted molar refractivity (Wildman–Crippen MR) is 67.1 cm³/mol. The fourth-order valence-electron chi connectivity index (χ4n) is 1.42. The maximum atomic E-state index is 8.71. The van der Waals surface area contributed by atoms with E-state index in [4.69, 9.17) is 14.6 Å². The van der Waals surface area contributed by atoms with Crippen LogP contribution in [0, 0.1) is 0 Å². The summed E-state index contributed by atoms with van der Waals surface area (Å²) in [5.74, 6) is 0.516. The summed E-state index contributed by atoms with van der Waals surface area (Å²) in [6, 6.07) is 0.470. The Balaban J connectivity index is 2.63. The molecule has 7 heteroatoms. The molecule has 0 bridgehead atoms. The number of hydrogen-bond donors (Lipinski definition) is 1. The van der Waals surface area contributed by atoms with Crippen LogP contribution in [-0.2, 0) is 0 Å². The molecule has 102 valence electrons. The van der Waals surface area contributed by atoms with Gasteiger partial charge in [-0.3, -0.25) is 0 Å². The van der Waals surface area contributed by atoms with Crippen molar-refractivity contribution in [3.05, 3.63) is 0 Å². The van der Waals surface area contributed by atoms with Gasteiger partial charge in [0.25, 0.3) is 0 Å². The van der Waals surface area contributed by atoms with Gasteiger partial charge in [-0.1, -0.05) is 0 Å². The molecule has 0 aliphatic heterocycles. The Morgan fingerprint density at radius 3 is 2.11 bits per heavy atom. The van der Waals surface area contributed by atoms with E-state index >= 15 is 0 Å². The molecule has 0 aliphatic carbocycles. The van der Waals surface area contributed by atoms with E-state index in [1.165, 1.54) is 14.2 Å². The van der Waals surface area contributed by atoms with Gasteiger partial charge in [0.15, 0.2) is 0 Å². The van der Waals surface area contributed by atoms with Crippen molar-refractivity contribution in [2.24, 2.45) is 0 Å². The van der Waals surface area contributed by atoms with Crippen LogP contribution in [-0.4, -0.2) is 54.5 Å². The Labute approximate surface area is 107 Å². The summed E-state index contributed by atoms with van der Waals surface area (Å²) in [4.78, 5) is 14.1. The van der Waals surface area contributed by atoms with Gasteiger partial charge in [-0.15, -0.1) is 4.98 Å². The van der Waals surface area contributed by atoms with Gasteiger partial charge in [-0.2, -0.15) is 9.97 Å². The number of aromatic nitrogens is 3. The summed E-state index contributed by atoms with van der Waals surface area (Å²) < 4.78 is 9.98. The molecule has 1 aromatic heterocycles. The lowest BCUT2D eigenvalue weighted by molar-refractivity contribution is 0.283. The van der Waals surface area contributed by atoms with E-state index in [2.05, 4.69) is 15.0 Å². The molecular weight excluding hydrogens is 236 g/mol. The predicted octanol–water partition coefficient (Wildman–Crippen LogP) is 0.488. The second-order valence-electron chi connectivity index (χ2n) is 3.81. The first-order valence-electron chi connectivity index (χ1n) is 5.87. The quantitative estimate of drug-likeness (QED) is 0.678. The van der Waals surface area contributed by atoms with Crippen molar-refractivity contribution in [2.75, 3.05) is 39.3 Å². The number of anilines is 1. The Bertz CT molecular complexity index is 340. The molecule has 0 aromatic carbocycles. The van der Waals surface area contributed by atoms with Gasteiger partial charge in [0.05, 0.1) is 14.2 Å². The normalized spacial score (nSPS) is 10.2. The van der Waals surface area contributed by atoms with Crippen LogP contribution in [0.4, 0.5) is 5.95 Å². The SMILES string of the molecule is COc1nc(OC)nc(N(C)CCCCCO)n1. The third-order valence-corrected chi connectivity index (χ3v) is 2.44. The fourth-order valence-corrected chi connectivity index (χ4v) is 1.42. The van der Waals surface area contributed by atoms with Gasteiger partial charge < -0.3 is 19.5 Å². The van der Waals surface area contributed by atoms with E-state index in [-0.39, 0.29) is 18.6 Å². The van der Waals surface area contributed by atoms with Crippen molar-refractivity contribution in [1.29, 1.82) is 0 Å². The molecule has 1 aromatic rings. The fraction of sp³-hybridized carbons (Fsp3) is 0.727. The maximum Gasteiger partial charge on any atom is 0.324 e.